The Hall–Kier alpha value is -3.54. The van der Waals surface area contributed by atoms with Crippen molar-refractivity contribution in [1.29, 1.82) is 0 Å². The van der Waals surface area contributed by atoms with Gasteiger partial charge in [0.05, 0.1) is 29.0 Å². The van der Waals surface area contributed by atoms with Gasteiger partial charge in [0.15, 0.2) is 0 Å². The molecule has 0 fully saturated rings. The third-order valence-electron chi connectivity index (χ3n) is 5.02. The average Bonchev–Trinajstić information content (AvgIpc) is 2.90. The van der Waals surface area contributed by atoms with Crippen LogP contribution in [-0.4, -0.2) is 20.8 Å². The molecule has 27 heavy (non-hydrogen) atoms. The minimum atomic E-state index is -0.550. The Bertz CT molecular complexity index is 1210. The first-order valence-corrected chi connectivity index (χ1v) is 8.59. The smallest absolute Gasteiger partial charge is 0.262 e. The average molecular weight is 358 g/mol. The highest BCUT2D eigenvalue weighted by Crippen LogP contribution is 2.38. The zero-order valence-corrected chi connectivity index (χ0v) is 14.5. The number of aromatic nitrogens is 2. The van der Waals surface area contributed by atoms with Crippen molar-refractivity contribution in [2.24, 2.45) is 0 Å². The Balaban J connectivity index is 1.74. The van der Waals surface area contributed by atoms with Gasteiger partial charge >= 0.3 is 0 Å². The number of allylic oxidation sites excluding steroid dienone is 3. The van der Waals surface area contributed by atoms with Crippen LogP contribution in [-0.2, 0) is 6.54 Å². The standard InChI is InChI=1S/C21H15FN4O/c1-11-8-9-14(20(22)24-11)13-6-3-7-15-18(23)17-16(25-19(13)15)10-26(21(17)27)12-4-2-5-12/h2-9H,10H2,1H3,(H2,23,25). The number of nitrogens with zero attached hydrogens (tertiary/aromatic N) is 3. The van der Waals surface area contributed by atoms with E-state index in [1.54, 1.807) is 42.2 Å². The summed E-state index contributed by atoms with van der Waals surface area (Å²) in [4.78, 5) is 23.1. The van der Waals surface area contributed by atoms with Crippen LogP contribution in [0.25, 0.3) is 22.0 Å². The van der Waals surface area contributed by atoms with Crippen molar-refractivity contribution in [2.45, 2.75) is 13.5 Å². The lowest BCUT2D eigenvalue weighted by molar-refractivity contribution is 0.0831. The predicted molar refractivity (Wildman–Crippen MR) is 101 cm³/mol. The molecule has 0 radical (unpaired) electrons. The number of nitrogen functional groups attached to an aromatic ring is 1. The molecule has 1 amide bonds. The summed E-state index contributed by atoms with van der Waals surface area (Å²) < 4.78 is 14.5. The van der Waals surface area contributed by atoms with Crippen LogP contribution in [0.2, 0.25) is 0 Å². The first kappa shape index (κ1) is 15.7. The van der Waals surface area contributed by atoms with Crippen molar-refractivity contribution in [3.05, 3.63) is 77.2 Å². The lowest BCUT2D eigenvalue weighted by atomic mass is 9.99. The first-order chi connectivity index (χ1) is 13.0. The van der Waals surface area contributed by atoms with Gasteiger partial charge in [0.25, 0.3) is 5.91 Å². The zero-order valence-electron chi connectivity index (χ0n) is 14.5. The van der Waals surface area contributed by atoms with E-state index in [1.807, 2.05) is 18.2 Å². The van der Waals surface area contributed by atoms with Crippen LogP contribution in [0.3, 0.4) is 0 Å². The third kappa shape index (κ3) is 2.19. The molecule has 5 rings (SSSR count). The maximum Gasteiger partial charge on any atom is 0.262 e. The maximum absolute atomic E-state index is 14.5. The largest absolute Gasteiger partial charge is 0.397 e. The molecule has 0 saturated carbocycles. The summed E-state index contributed by atoms with van der Waals surface area (Å²) in [7, 11) is 0. The number of para-hydroxylation sites is 1. The Labute approximate surface area is 154 Å². The summed E-state index contributed by atoms with van der Waals surface area (Å²) in [6, 6.07) is 8.84. The van der Waals surface area contributed by atoms with Gasteiger partial charge in [-0.25, -0.2) is 9.97 Å². The number of anilines is 1. The quantitative estimate of drug-likeness (QED) is 0.709. The second-order valence-corrected chi connectivity index (χ2v) is 6.68. The SMILES string of the molecule is Cc1ccc(-c2cccc3c(N)c4c(nc23)CN(C2=CC=C2)C4=O)c(F)n1. The number of carbonyl (C=O) groups excluding carboxylic acids is 1. The van der Waals surface area contributed by atoms with E-state index in [9.17, 15) is 9.18 Å². The molecular weight excluding hydrogens is 343 g/mol. The number of amides is 1. The van der Waals surface area contributed by atoms with Crippen LogP contribution < -0.4 is 5.73 Å². The molecule has 0 atom stereocenters. The molecule has 0 unspecified atom stereocenters. The lowest BCUT2D eigenvalue weighted by Gasteiger charge is -2.19. The number of benzene rings is 1. The van der Waals surface area contributed by atoms with Crippen LogP contribution in [0.5, 0.6) is 0 Å². The Kier molecular flexibility index (Phi) is 3.18. The molecule has 1 aliphatic heterocycles. The summed E-state index contributed by atoms with van der Waals surface area (Å²) in [5.74, 6) is -0.702. The Morgan fingerprint density at radius 2 is 1.96 bits per heavy atom. The van der Waals surface area contributed by atoms with Gasteiger partial charge in [-0.1, -0.05) is 24.3 Å². The second-order valence-electron chi connectivity index (χ2n) is 6.68. The van der Waals surface area contributed by atoms with Gasteiger partial charge in [-0.3, -0.25) is 4.79 Å². The molecular formula is C21H15FN4O. The number of rotatable bonds is 2. The first-order valence-electron chi connectivity index (χ1n) is 8.59. The van der Waals surface area contributed by atoms with E-state index < -0.39 is 5.95 Å². The van der Waals surface area contributed by atoms with Crippen molar-refractivity contribution in [1.82, 2.24) is 14.9 Å². The number of nitrogens with two attached hydrogens (primary N) is 1. The highest BCUT2D eigenvalue weighted by Gasteiger charge is 2.34. The fraction of sp³-hybridized carbons (Fsp3) is 0.0952. The van der Waals surface area contributed by atoms with Gasteiger partial charge in [0.2, 0.25) is 5.95 Å². The van der Waals surface area contributed by atoms with E-state index in [2.05, 4.69) is 4.98 Å². The molecule has 1 aromatic carbocycles. The molecule has 5 nitrogen and oxygen atoms in total. The molecule has 3 heterocycles. The third-order valence-corrected chi connectivity index (χ3v) is 5.02. The molecule has 0 spiro atoms. The van der Waals surface area contributed by atoms with E-state index in [4.69, 9.17) is 10.7 Å². The van der Waals surface area contributed by atoms with Gasteiger partial charge in [-0.2, -0.15) is 4.39 Å². The zero-order chi connectivity index (χ0) is 18.7. The number of fused-ring (bicyclic) bond motifs is 2. The number of halogens is 1. The Morgan fingerprint density at radius 1 is 1.15 bits per heavy atom. The summed E-state index contributed by atoms with van der Waals surface area (Å²) in [6.45, 7) is 2.09. The van der Waals surface area contributed by atoms with Crippen molar-refractivity contribution < 1.29 is 9.18 Å². The molecule has 1 aliphatic carbocycles. The highest BCUT2D eigenvalue weighted by atomic mass is 19.1. The van der Waals surface area contributed by atoms with Crippen LogP contribution >= 0.6 is 0 Å². The lowest BCUT2D eigenvalue weighted by Crippen LogP contribution is -2.24. The van der Waals surface area contributed by atoms with E-state index in [0.29, 0.717) is 51.2 Å². The summed E-state index contributed by atoms with van der Waals surface area (Å²) >= 11 is 0. The predicted octanol–water partition coefficient (Wildman–Crippen LogP) is 3.74. The maximum atomic E-state index is 14.5. The number of aryl methyl sites for hydroxylation is 1. The monoisotopic (exact) mass is 358 g/mol. The molecule has 3 aromatic rings. The van der Waals surface area contributed by atoms with Crippen LogP contribution in [0.1, 0.15) is 21.7 Å². The molecule has 0 saturated heterocycles. The Morgan fingerprint density at radius 3 is 2.67 bits per heavy atom. The van der Waals surface area contributed by atoms with Crippen LogP contribution in [0.4, 0.5) is 10.1 Å². The minimum absolute atomic E-state index is 0.152. The van der Waals surface area contributed by atoms with Crippen molar-refractivity contribution in [3.8, 4) is 11.1 Å². The molecule has 6 heteroatoms. The number of carbonyl (C=O) groups is 1. The fourth-order valence-corrected chi connectivity index (χ4v) is 3.59. The van der Waals surface area contributed by atoms with Crippen molar-refractivity contribution in [3.63, 3.8) is 0 Å². The van der Waals surface area contributed by atoms with Gasteiger partial charge < -0.3 is 10.6 Å². The van der Waals surface area contributed by atoms with Gasteiger partial charge in [-0.15, -0.1) is 0 Å². The molecule has 2 N–H and O–H groups in total. The molecule has 2 aliphatic rings. The summed E-state index contributed by atoms with van der Waals surface area (Å²) in [6.07, 6.45) is 5.63. The molecule has 0 bridgehead atoms. The van der Waals surface area contributed by atoms with Gasteiger partial charge in [0.1, 0.15) is 0 Å². The van der Waals surface area contributed by atoms with Crippen molar-refractivity contribution >= 4 is 22.5 Å². The summed E-state index contributed by atoms with van der Waals surface area (Å²) in [5.41, 5.74) is 10.8. The summed E-state index contributed by atoms with van der Waals surface area (Å²) in [5, 5.41) is 0.638. The second kappa shape index (κ2) is 5.48. The van der Waals surface area contributed by atoms with Gasteiger partial charge in [0, 0.05) is 27.9 Å². The van der Waals surface area contributed by atoms with E-state index >= 15 is 0 Å². The topological polar surface area (TPSA) is 72.1 Å². The molecule has 132 valence electrons. The number of hydrogen-bond donors (Lipinski definition) is 1. The fourth-order valence-electron chi connectivity index (χ4n) is 3.59. The van der Waals surface area contributed by atoms with E-state index in [1.165, 1.54) is 0 Å². The van der Waals surface area contributed by atoms with E-state index in [-0.39, 0.29) is 5.91 Å². The highest BCUT2D eigenvalue weighted by molar-refractivity contribution is 6.12. The van der Waals surface area contributed by atoms with Gasteiger partial charge in [-0.05, 0) is 31.2 Å². The van der Waals surface area contributed by atoms with Crippen LogP contribution in [0.15, 0.2) is 54.3 Å². The molecule has 2 aromatic heterocycles. The van der Waals surface area contributed by atoms with Crippen molar-refractivity contribution in [2.75, 3.05) is 5.73 Å². The number of hydrogen-bond acceptors (Lipinski definition) is 4. The van der Waals surface area contributed by atoms with E-state index in [0.717, 1.165) is 5.70 Å². The number of pyridine rings is 2. The normalized spacial score (nSPS) is 15.1. The van der Waals surface area contributed by atoms with Crippen LogP contribution in [0, 0.1) is 12.9 Å². The minimum Gasteiger partial charge on any atom is -0.397 e.